The van der Waals surface area contributed by atoms with Crippen LogP contribution >= 0.6 is 0 Å². The highest BCUT2D eigenvalue weighted by Crippen LogP contribution is 2.26. The average molecular weight is 305 g/mol. The van der Waals surface area contributed by atoms with Crippen LogP contribution in [0.5, 0.6) is 0 Å². The molecule has 0 aliphatic heterocycles. The third-order valence-electron chi connectivity index (χ3n) is 4.24. The molecule has 0 amide bonds. The lowest BCUT2D eigenvalue weighted by molar-refractivity contribution is 0.717. The molecule has 0 unspecified atom stereocenters. The van der Waals surface area contributed by atoms with Crippen molar-refractivity contribution in [3.8, 4) is 0 Å². The normalized spacial score (nSPS) is 15.9. The third-order valence-corrected chi connectivity index (χ3v) is 4.24. The van der Waals surface area contributed by atoms with Crippen molar-refractivity contribution in [1.82, 2.24) is 20.0 Å². The first-order valence-electron chi connectivity index (χ1n) is 8.00. The fourth-order valence-corrected chi connectivity index (χ4v) is 3.05. The van der Waals surface area contributed by atoms with Crippen molar-refractivity contribution in [2.45, 2.75) is 25.7 Å². The van der Waals surface area contributed by atoms with Crippen LogP contribution in [0.2, 0.25) is 0 Å². The lowest BCUT2D eigenvalue weighted by atomic mass is 9.93. The second-order valence-corrected chi connectivity index (χ2v) is 5.98. The highest BCUT2D eigenvalue weighted by Gasteiger charge is 2.14. The standard InChI is InChI=1S/C18H19N5/c1-23-12-15(11-20-23)18(13-5-3-2-4-6-13)21-16-7-8-17-14(9-16)10-19-22-17/h5,7-12H,2-4,6H2,1H3,(H,19,22)/b21-18+. The molecular weight excluding hydrogens is 286 g/mol. The zero-order chi connectivity index (χ0) is 15.6. The summed E-state index contributed by atoms with van der Waals surface area (Å²) in [5.74, 6) is 0. The van der Waals surface area contributed by atoms with E-state index in [0.717, 1.165) is 40.7 Å². The van der Waals surface area contributed by atoms with Crippen LogP contribution in [0.4, 0.5) is 5.69 Å². The molecule has 2 aromatic heterocycles. The van der Waals surface area contributed by atoms with Crippen LogP contribution in [0.3, 0.4) is 0 Å². The van der Waals surface area contributed by atoms with E-state index in [0.29, 0.717) is 0 Å². The SMILES string of the molecule is Cn1cc(/C(=N/c2ccc3[nH]ncc3c2)C2=CCCCC2)cn1. The summed E-state index contributed by atoms with van der Waals surface area (Å²) >= 11 is 0. The van der Waals surface area contributed by atoms with E-state index in [2.05, 4.69) is 27.4 Å². The van der Waals surface area contributed by atoms with E-state index in [-0.39, 0.29) is 0 Å². The lowest BCUT2D eigenvalue weighted by Gasteiger charge is -2.14. The molecule has 116 valence electrons. The van der Waals surface area contributed by atoms with Gasteiger partial charge in [-0.2, -0.15) is 10.2 Å². The molecular formula is C18H19N5. The molecule has 0 radical (unpaired) electrons. The van der Waals surface area contributed by atoms with Gasteiger partial charge in [-0.25, -0.2) is 4.99 Å². The van der Waals surface area contributed by atoms with Crippen molar-refractivity contribution in [2.24, 2.45) is 12.0 Å². The molecule has 5 nitrogen and oxygen atoms in total. The summed E-state index contributed by atoms with van der Waals surface area (Å²) in [6.45, 7) is 0. The summed E-state index contributed by atoms with van der Waals surface area (Å²) in [4.78, 5) is 4.95. The van der Waals surface area contributed by atoms with E-state index < -0.39 is 0 Å². The number of aromatic amines is 1. The summed E-state index contributed by atoms with van der Waals surface area (Å²) in [6.07, 6.45) is 12.8. The topological polar surface area (TPSA) is 58.9 Å². The van der Waals surface area contributed by atoms with Crippen LogP contribution in [0.1, 0.15) is 31.2 Å². The maximum absolute atomic E-state index is 4.95. The number of H-pyrrole nitrogens is 1. The van der Waals surface area contributed by atoms with Gasteiger partial charge in [-0.3, -0.25) is 9.78 Å². The van der Waals surface area contributed by atoms with Crippen LogP contribution < -0.4 is 0 Å². The van der Waals surface area contributed by atoms with Crippen LogP contribution in [0.25, 0.3) is 10.9 Å². The van der Waals surface area contributed by atoms with Gasteiger partial charge in [-0.05, 0) is 49.5 Å². The predicted octanol–water partition coefficient (Wildman–Crippen LogP) is 3.92. The number of hydrogen-bond acceptors (Lipinski definition) is 3. The number of benzene rings is 1. The number of aryl methyl sites for hydroxylation is 1. The minimum absolute atomic E-state index is 0.948. The van der Waals surface area contributed by atoms with Gasteiger partial charge in [-0.1, -0.05) is 6.08 Å². The quantitative estimate of drug-likeness (QED) is 0.746. The molecule has 1 aliphatic rings. The van der Waals surface area contributed by atoms with Gasteiger partial charge in [0.2, 0.25) is 0 Å². The largest absolute Gasteiger partial charge is 0.278 e. The number of rotatable bonds is 3. The highest BCUT2D eigenvalue weighted by molar-refractivity contribution is 6.13. The van der Waals surface area contributed by atoms with Gasteiger partial charge in [0.05, 0.1) is 29.3 Å². The number of fused-ring (bicyclic) bond motifs is 1. The Kier molecular flexibility index (Phi) is 3.54. The number of aliphatic imine (C=N–C) groups is 1. The molecule has 0 atom stereocenters. The molecule has 0 saturated heterocycles. The number of nitrogens with zero attached hydrogens (tertiary/aromatic N) is 4. The zero-order valence-electron chi connectivity index (χ0n) is 13.2. The number of nitrogens with one attached hydrogen (secondary N) is 1. The van der Waals surface area contributed by atoms with Crippen LogP contribution in [-0.4, -0.2) is 25.7 Å². The summed E-state index contributed by atoms with van der Waals surface area (Å²) in [6, 6.07) is 6.12. The van der Waals surface area contributed by atoms with Crippen LogP contribution in [0.15, 0.2) is 53.4 Å². The third kappa shape index (κ3) is 2.82. The molecule has 0 saturated carbocycles. The van der Waals surface area contributed by atoms with Crippen molar-refractivity contribution in [1.29, 1.82) is 0 Å². The Bertz CT molecular complexity index is 897. The van der Waals surface area contributed by atoms with Gasteiger partial charge in [0.25, 0.3) is 0 Å². The Morgan fingerprint density at radius 2 is 2.22 bits per heavy atom. The summed E-state index contributed by atoms with van der Waals surface area (Å²) in [7, 11) is 1.94. The lowest BCUT2D eigenvalue weighted by Crippen LogP contribution is -2.07. The Balaban J connectivity index is 1.81. The molecule has 23 heavy (non-hydrogen) atoms. The van der Waals surface area contributed by atoms with E-state index in [1.807, 2.05) is 42.5 Å². The van der Waals surface area contributed by atoms with Crippen LogP contribution in [-0.2, 0) is 7.05 Å². The Morgan fingerprint density at radius 3 is 3.00 bits per heavy atom. The summed E-state index contributed by atoms with van der Waals surface area (Å²) in [5, 5.41) is 12.4. The first kappa shape index (κ1) is 13.9. The first-order chi connectivity index (χ1) is 11.3. The number of hydrogen-bond donors (Lipinski definition) is 1. The van der Waals surface area contributed by atoms with Crippen LogP contribution in [0, 0.1) is 0 Å². The second kappa shape index (κ2) is 5.83. The minimum Gasteiger partial charge on any atom is -0.278 e. The molecule has 1 aromatic carbocycles. The Hall–Kier alpha value is -2.69. The maximum atomic E-state index is 4.95. The van der Waals surface area contributed by atoms with Gasteiger partial charge >= 0.3 is 0 Å². The molecule has 0 fully saturated rings. The van der Waals surface area contributed by atoms with E-state index >= 15 is 0 Å². The second-order valence-electron chi connectivity index (χ2n) is 5.98. The van der Waals surface area contributed by atoms with Crippen molar-refractivity contribution in [3.63, 3.8) is 0 Å². The van der Waals surface area contributed by atoms with Crippen molar-refractivity contribution in [2.75, 3.05) is 0 Å². The van der Waals surface area contributed by atoms with Gasteiger partial charge in [-0.15, -0.1) is 0 Å². The Morgan fingerprint density at radius 1 is 1.26 bits per heavy atom. The number of aromatic nitrogens is 4. The van der Waals surface area contributed by atoms with E-state index in [1.165, 1.54) is 18.4 Å². The van der Waals surface area contributed by atoms with E-state index in [4.69, 9.17) is 4.99 Å². The first-order valence-corrected chi connectivity index (χ1v) is 8.00. The van der Waals surface area contributed by atoms with Crippen molar-refractivity contribution >= 4 is 22.3 Å². The molecule has 2 heterocycles. The number of allylic oxidation sites excluding steroid dienone is 2. The van der Waals surface area contributed by atoms with E-state index in [9.17, 15) is 0 Å². The Labute approximate surface area is 134 Å². The van der Waals surface area contributed by atoms with Crippen molar-refractivity contribution in [3.05, 3.63) is 54.0 Å². The van der Waals surface area contributed by atoms with Gasteiger partial charge in [0.1, 0.15) is 0 Å². The fourth-order valence-electron chi connectivity index (χ4n) is 3.05. The highest BCUT2D eigenvalue weighted by atomic mass is 15.2. The van der Waals surface area contributed by atoms with Gasteiger partial charge in [0, 0.05) is 24.2 Å². The molecule has 0 bridgehead atoms. The van der Waals surface area contributed by atoms with Gasteiger partial charge < -0.3 is 0 Å². The summed E-state index contributed by atoms with van der Waals surface area (Å²) in [5.41, 5.74) is 5.43. The van der Waals surface area contributed by atoms with E-state index in [1.54, 1.807) is 0 Å². The predicted molar refractivity (Wildman–Crippen MR) is 92.0 cm³/mol. The summed E-state index contributed by atoms with van der Waals surface area (Å²) < 4.78 is 1.83. The average Bonchev–Trinajstić information content (AvgIpc) is 3.21. The molecule has 5 heteroatoms. The monoisotopic (exact) mass is 305 g/mol. The fraction of sp³-hybridized carbons (Fsp3) is 0.278. The molecule has 1 N–H and O–H groups in total. The molecule has 0 spiro atoms. The zero-order valence-corrected chi connectivity index (χ0v) is 13.2. The molecule has 4 rings (SSSR count). The smallest absolute Gasteiger partial charge is 0.0769 e. The maximum Gasteiger partial charge on any atom is 0.0769 e. The minimum atomic E-state index is 0.948. The molecule has 3 aromatic rings. The van der Waals surface area contributed by atoms with Crippen molar-refractivity contribution < 1.29 is 0 Å². The molecule has 1 aliphatic carbocycles. The van der Waals surface area contributed by atoms with Gasteiger partial charge in [0.15, 0.2) is 0 Å².